The van der Waals surface area contributed by atoms with Crippen molar-refractivity contribution in [3.63, 3.8) is 0 Å². The summed E-state index contributed by atoms with van der Waals surface area (Å²) in [6, 6.07) is 12.9. The molecule has 1 aromatic carbocycles. The van der Waals surface area contributed by atoms with Crippen molar-refractivity contribution in [1.29, 1.82) is 0 Å². The number of H-pyrrole nitrogens is 1. The van der Waals surface area contributed by atoms with Crippen molar-refractivity contribution < 1.29 is 0 Å². The maximum atomic E-state index is 4.40. The average Bonchev–Trinajstić information content (AvgIpc) is 2.86. The lowest BCUT2D eigenvalue weighted by molar-refractivity contribution is 1.14. The van der Waals surface area contributed by atoms with Crippen molar-refractivity contribution in [1.82, 2.24) is 9.97 Å². The lowest BCUT2D eigenvalue weighted by atomic mass is 10.0. The standard InChI is InChI=1S/C15H14N2/c1-2-11-3-5-12(6-4-11)14-9-13-7-8-16-15(13)17-10-14/h3-10H,2H2,1H3,(H,16,17). The first-order valence-corrected chi connectivity index (χ1v) is 5.89. The van der Waals surface area contributed by atoms with Crippen LogP contribution in [0.5, 0.6) is 0 Å². The molecule has 17 heavy (non-hydrogen) atoms. The van der Waals surface area contributed by atoms with Gasteiger partial charge in [0.2, 0.25) is 0 Å². The number of nitrogens with one attached hydrogen (secondary N) is 1. The Bertz CT molecular complexity index is 635. The highest BCUT2D eigenvalue weighted by molar-refractivity contribution is 5.81. The third-order valence-electron chi connectivity index (χ3n) is 3.10. The zero-order valence-corrected chi connectivity index (χ0v) is 9.77. The third kappa shape index (κ3) is 1.82. The van der Waals surface area contributed by atoms with E-state index in [2.05, 4.69) is 47.2 Å². The van der Waals surface area contributed by atoms with E-state index in [0.29, 0.717) is 0 Å². The van der Waals surface area contributed by atoms with Crippen LogP contribution in [0.25, 0.3) is 22.2 Å². The molecule has 0 bridgehead atoms. The summed E-state index contributed by atoms with van der Waals surface area (Å²) in [5, 5.41) is 1.15. The van der Waals surface area contributed by atoms with Crippen molar-refractivity contribution in [3.05, 3.63) is 54.4 Å². The first-order chi connectivity index (χ1) is 8.36. The topological polar surface area (TPSA) is 28.7 Å². The highest BCUT2D eigenvalue weighted by Gasteiger charge is 2.01. The molecule has 2 heterocycles. The van der Waals surface area contributed by atoms with Crippen molar-refractivity contribution in [2.24, 2.45) is 0 Å². The van der Waals surface area contributed by atoms with Crippen molar-refractivity contribution in [3.8, 4) is 11.1 Å². The molecule has 0 radical (unpaired) electrons. The maximum absolute atomic E-state index is 4.40. The molecule has 0 aliphatic rings. The first-order valence-electron chi connectivity index (χ1n) is 5.89. The Morgan fingerprint density at radius 1 is 1.06 bits per heavy atom. The highest BCUT2D eigenvalue weighted by Crippen LogP contribution is 2.22. The number of nitrogens with zero attached hydrogens (tertiary/aromatic N) is 1. The predicted molar refractivity (Wildman–Crippen MR) is 70.9 cm³/mol. The molecule has 0 saturated carbocycles. The largest absolute Gasteiger partial charge is 0.346 e. The van der Waals surface area contributed by atoms with E-state index < -0.39 is 0 Å². The van der Waals surface area contributed by atoms with Gasteiger partial charge < -0.3 is 4.98 Å². The van der Waals surface area contributed by atoms with Crippen LogP contribution in [-0.4, -0.2) is 9.97 Å². The zero-order chi connectivity index (χ0) is 11.7. The van der Waals surface area contributed by atoms with E-state index in [1.807, 2.05) is 18.5 Å². The van der Waals surface area contributed by atoms with Crippen LogP contribution in [-0.2, 0) is 6.42 Å². The fourth-order valence-electron chi connectivity index (χ4n) is 2.03. The first kappa shape index (κ1) is 10.1. The number of hydrogen-bond acceptors (Lipinski definition) is 1. The number of hydrogen-bond donors (Lipinski definition) is 1. The Morgan fingerprint density at radius 2 is 1.88 bits per heavy atom. The van der Waals surface area contributed by atoms with Gasteiger partial charge in [-0.05, 0) is 29.7 Å². The Labute approximate surface area is 100 Å². The number of rotatable bonds is 2. The Morgan fingerprint density at radius 3 is 2.65 bits per heavy atom. The van der Waals surface area contributed by atoms with Crippen LogP contribution >= 0.6 is 0 Å². The molecular formula is C15H14N2. The smallest absolute Gasteiger partial charge is 0.137 e. The Balaban J connectivity index is 2.06. The summed E-state index contributed by atoms with van der Waals surface area (Å²) in [6.45, 7) is 2.17. The molecule has 3 rings (SSSR count). The Hall–Kier alpha value is -2.09. The summed E-state index contributed by atoms with van der Waals surface area (Å²) in [4.78, 5) is 7.51. The van der Waals surface area contributed by atoms with Gasteiger partial charge in [0.05, 0.1) is 0 Å². The summed E-state index contributed by atoms with van der Waals surface area (Å²) in [5.74, 6) is 0. The molecule has 0 amide bonds. The molecule has 2 aromatic heterocycles. The van der Waals surface area contributed by atoms with E-state index in [-0.39, 0.29) is 0 Å². The van der Waals surface area contributed by atoms with Gasteiger partial charge in [0.25, 0.3) is 0 Å². The minimum absolute atomic E-state index is 0.943. The highest BCUT2D eigenvalue weighted by atomic mass is 14.8. The van der Waals surface area contributed by atoms with Gasteiger partial charge >= 0.3 is 0 Å². The molecule has 0 aliphatic heterocycles. The summed E-state index contributed by atoms with van der Waals surface area (Å²) in [5.41, 5.74) is 4.70. The lowest BCUT2D eigenvalue weighted by Crippen LogP contribution is -1.83. The number of aryl methyl sites for hydroxylation is 1. The number of fused-ring (bicyclic) bond motifs is 1. The third-order valence-corrected chi connectivity index (χ3v) is 3.10. The van der Waals surface area contributed by atoms with Crippen LogP contribution in [0.1, 0.15) is 12.5 Å². The van der Waals surface area contributed by atoms with Gasteiger partial charge in [-0.3, -0.25) is 0 Å². The van der Waals surface area contributed by atoms with E-state index in [9.17, 15) is 0 Å². The van der Waals surface area contributed by atoms with E-state index in [0.717, 1.165) is 17.5 Å². The molecule has 0 saturated heterocycles. The minimum Gasteiger partial charge on any atom is -0.346 e. The second-order valence-corrected chi connectivity index (χ2v) is 4.19. The summed E-state index contributed by atoms with van der Waals surface area (Å²) >= 11 is 0. The lowest BCUT2D eigenvalue weighted by Gasteiger charge is -2.03. The molecule has 0 unspecified atom stereocenters. The SMILES string of the molecule is CCc1ccc(-c2cnc3[nH]ccc3c2)cc1. The molecule has 84 valence electrons. The maximum Gasteiger partial charge on any atom is 0.137 e. The van der Waals surface area contributed by atoms with Gasteiger partial charge in [-0.2, -0.15) is 0 Å². The molecule has 0 aliphatic carbocycles. The summed E-state index contributed by atoms with van der Waals surface area (Å²) < 4.78 is 0. The molecule has 1 N–H and O–H groups in total. The number of pyridine rings is 1. The molecule has 3 aromatic rings. The van der Waals surface area contributed by atoms with E-state index in [4.69, 9.17) is 0 Å². The fourth-order valence-corrected chi connectivity index (χ4v) is 2.03. The molecule has 0 fully saturated rings. The second kappa shape index (κ2) is 4.06. The normalized spacial score (nSPS) is 10.9. The van der Waals surface area contributed by atoms with Crippen LogP contribution in [0, 0.1) is 0 Å². The fraction of sp³-hybridized carbons (Fsp3) is 0.133. The van der Waals surface area contributed by atoms with E-state index in [1.165, 1.54) is 16.7 Å². The number of aromatic nitrogens is 2. The molecule has 0 spiro atoms. The second-order valence-electron chi connectivity index (χ2n) is 4.19. The van der Waals surface area contributed by atoms with Gasteiger partial charge in [-0.15, -0.1) is 0 Å². The summed E-state index contributed by atoms with van der Waals surface area (Å²) in [7, 11) is 0. The van der Waals surface area contributed by atoms with Gasteiger partial charge in [0.1, 0.15) is 5.65 Å². The minimum atomic E-state index is 0.943. The van der Waals surface area contributed by atoms with Crippen molar-refractivity contribution in [2.45, 2.75) is 13.3 Å². The van der Waals surface area contributed by atoms with Gasteiger partial charge in [0, 0.05) is 23.3 Å². The molecule has 0 atom stereocenters. The number of benzene rings is 1. The van der Waals surface area contributed by atoms with E-state index >= 15 is 0 Å². The molecular weight excluding hydrogens is 208 g/mol. The number of aromatic amines is 1. The molecule has 2 nitrogen and oxygen atoms in total. The van der Waals surface area contributed by atoms with Gasteiger partial charge in [-0.25, -0.2) is 4.98 Å². The van der Waals surface area contributed by atoms with Crippen molar-refractivity contribution >= 4 is 11.0 Å². The zero-order valence-electron chi connectivity index (χ0n) is 9.77. The van der Waals surface area contributed by atoms with Gasteiger partial charge in [-0.1, -0.05) is 31.2 Å². The predicted octanol–water partition coefficient (Wildman–Crippen LogP) is 3.79. The quantitative estimate of drug-likeness (QED) is 0.702. The molecule has 2 heteroatoms. The van der Waals surface area contributed by atoms with Crippen LogP contribution in [0.3, 0.4) is 0 Å². The van der Waals surface area contributed by atoms with Crippen LogP contribution in [0.15, 0.2) is 48.8 Å². The average molecular weight is 222 g/mol. The summed E-state index contributed by atoms with van der Waals surface area (Å²) in [6.07, 6.45) is 4.91. The Kier molecular flexibility index (Phi) is 2.41. The van der Waals surface area contributed by atoms with Crippen LogP contribution in [0.4, 0.5) is 0 Å². The van der Waals surface area contributed by atoms with E-state index in [1.54, 1.807) is 0 Å². The van der Waals surface area contributed by atoms with Crippen LogP contribution < -0.4 is 0 Å². The van der Waals surface area contributed by atoms with Crippen molar-refractivity contribution in [2.75, 3.05) is 0 Å². The monoisotopic (exact) mass is 222 g/mol. The van der Waals surface area contributed by atoms with Crippen LogP contribution in [0.2, 0.25) is 0 Å². The van der Waals surface area contributed by atoms with Gasteiger partial charge in [0.15, 0.2) is 0 Å².